The van der Waals surface area contributed by atoms with Crippen LogP contribution in [0.2, 0.25) is 0 Å². The number of piperidine rings is 1. The second kappa shape index (κ2) is 10.9. The molecular weight excluding hydrogens is 260 g/mol. The molecule has 0 aromatic carbocycles. The van der Waals surface area contributed by atoms with Gasteiger partial charge in [-0.15, -0.1) is 0 Å². The summed E-state index contributed by atoms with van der Waals surface area (Å²) in [5, 5.41) is 6.75. The SMILES string of the molecule is CCNC(=NCC(C)C)NCCCCN1CCC(C)CC1. The van der Waals surface area contributed by atoms with E-state index in [0.29, 0.717) is 5.92 Å². The normalized spacial score (nSPS) is 18.2. The van der Waals surface area contributed by atoms with E-state index in [1.165, 1.54) is 45.3 Å². The summed E-state index contributed by atoms with van der Waals surface area (Å²) < 4.78 is 0. The summed E-state index contributed by atoms with van der Waals surface area (Å²) >= 11 is 0. The summed E-state index contributed by atoms with van der Waals surface area (Å²) in [6, 6.07) is 0. The van der Waals surface area contributed by atoms with Crippen molar-refractivity contribution < 1.29 is 0 Å². The molecular formula is C17H36N4. The fourth-order valence-electron chi connectivity index (χ4n) is 2.57. The van der Waals surface area contributed by atoms with Crippen LogP contribution in [0.3, 0.4) is 0 Å². The molecule has 2 N–H and O–H groups in total. The monoisotopic (exact) mass is 296 g/mol. The first-order valence-electron chi connectivity index (χ1n) is 8.86. The molecule has 124 valence electrons. The zero-order valence-corrected chi connectivity index (χ0v) is 14.6. The minimum absolute atomic E-state index is 0.613. The maximum atomic E-state index is 4.59. The van der Waals surface area contributed by atoms with Crippen molar-refractivity contribution in [1.29, 1.82) is 0 Å². The second-order valence-electron chi connectivity index (χ2n) is 6.77. The Balaban J connectivity index is 2.09. The van der Waals surface area contributed by atoms with Crippen LogP contribution in [0.1, 0.15) is 53.4 Å². The molecule has 0 aliphatic carbocycles. The van der Waals surface area contributed by atoms with Crippen molar-refractivity contribution in [3.63, 3.8) is 0 Å². The molecule has 1 heterocycles. The van der Waals surface area contributed by atoms with Crippen molar-refractivity contribution in [3.8, 4) is 0 Å². The van der Waals surface area contributed by atoms with Gasteiger partial charge < -0.3 is 15.5 Å². The lowest BCUT2D eigenvalue weighted by Gasteiger charge is -2.30. The van der Waals surface area contributed by atoms with E-state index in [1.807, 2.05) is 0 Å². The van der Waals surface area contributed by atoms with Crippen molar-refractivity contribution in [2.75, 3.05) is 39.3 Å². The van der Waals surface area contributed by atoms with E-state index in [9.17, 15) is 0 Å². The van der Waals surface area contributed by atoms with Crippen LogP contribution in [0, 0.1) is 11.8 Å². The molecule has 0 unspecified atom stereocenters. The second-order valence-corrected chi connectivity index (χ2v) is 6.77. The Labute approximate surface area is 131 Å². The quantitative estimate of drug-likeness (QED) is 0.411. The van der Waals surface area contributed by atoms with Crippen molar-refractivity contribution in [3.05, 3.63) is 0 Å². The highest BCUT2D eigenvalue weighted by Gasteiger charge is 2.14. The summed E-state index contributed by atoms with van der Waals surface area (Å²) in [5.41, 5.74) is 0. The highest BCUT2D eigenvalue weighted by molar-refractivity contribution is 5.79. The van der Waals surface area contributed by atoms with Gasteiger partial charge in [0.2, 0.25) is 0 Å². The number of guanidine groups is 1. The maximum Gasteiger partial charge on any atom is 0.191 e. The van der Waals surface area contributed by atoms with Crippen LogP contribution in [-0.4, -0.2) is 50.1 Å². The van der Waals surface area contributed by atoms with Crippen LogP contribution in [0.5, 0.6) is 0 Å². The number of rotatable bonds is 8. The van der Waals surface area contributed by atoms with Crippen LogP contribution in [-0.2, 0) is 0 Å². The van der Waals surface area contributed by atoms with E-state index in [4.69, 9.17) is 0 Å². The van der Waals surface area contributed by atoms with Gasteiger partial charge in [-0.1, -0.05) is 20.8 Å². The highest BCUT2D eigenvalue weighted by Crippen LogP contribution is 2.15. The Morgan fingerprint density at radius 3 is 2.52 bits per heavy atom. The Bertz CT molecular complexity index is 281. The molecule has 21 heavy (non-hydrogen) atoms. The maximum absolute atomic E-state index is 4.59. The zero-order valence-electron chi connectivity index (χ0n) is 14.6. The lowest BCUT2D eigenvalue weighted by atomic mass is 9.99. The largest absolute Gasteiger partial charge is 0.357 e. The third-order valence-electron chi connectivity index (χ3n) is 4.03. The summed E-state index contributed by atoms with van der Waals surface area (Å²) in [5.74, 6) is 2.52. The smallest absolute Gasteiger partial charge is 0.191 e. The molecule has 4 heteroatoms. The molecule has 0 bridgehead atoms. The van der Waals surface area contributed by atoms with Gasteiger partial charge in [-0.2, -0.15) is 0 Å². The van der Waals surface area contributed by atoms with Gasteiger partial charge in [-0.25, -0.2) is 0 Å². The number of likely N-dealkylation sites (tertiary alicyclic amines) is 1. The average Bonchev–Trinajstić information content (AvgIpc) is 2.46. The summed E-state index contributed by atoms with van der Waals surface area (Å²) in [6.45, 7) is 15.6. The molecule has 1 saturated heterocycles. The Morgan fingerprint density at radius 1 is 1.19 bits per heavy atom. The Hall–Kier alpha value is -0.770. The number of unbranched alkanes of at least 4 members (excludes halogenated alkanes) is 1. The predicted octanol–water partition coefficient (Wildman–Crippen LogP) is 2.71. The van der Waals surface area contributed by atoms with Crippen molar-refractivity contribution in [1.82, 2.24) is 15.5 Å². The van der Waals surface area contributed by atoms with Gasteiger partial charge >= 0.3 is 0 Å². The van der Waals surface area contributed by atoms with E-state index >= 15 is 0 Å². The summed E-state index contributed by atoms with van der Waals surface area (Å²) in [6.07, 6.45) is 5.26. The van der Waals surface area contributed by atoms with Gasteiger partial charge in [-0.3, -0.25) is 4.99 Å². The Morgan fingerprint density at radius 2 is 1.90 bits per heavy atom. The molecule has 1 fully saturated rings. The summed E-state index contributed by atoms with van der Waals surface area (Å²) in [4.78, 5) is 7.22. The van der Waals surface area contributed by atoms with Crippen LogP contribution >= 0.6 is 0 Å². The van der Waals surface area contributed by atoms with E-state index in [0.717, 1.165) is 31.5 Å². The molecule has 1 aliphatic heterocycles. The van der Waals surface area contributed by atoms with Gasteiger partial charge in [0.05, 0.1) is 0 Å². The van der Waals surface area contributed by atoms with Gasteiger partial charge in [0.15, 0.2) is 5.96 Å². The van der Waals surface area contributed by atoms with Gasteiger partial charge in [0, 0.05) is 19.6 Å². The number of hydrogen-bond acceptors (Lipinski definition) is 2. The minimum Gasteiger partial charge on any atom is -0.357 e. The van der Waals surface area contributed by atoms with Gasteiger partial charge in [-0.05, 0) is 64.1 Å². The van der Waals surface area contributed by atoms with Crippen molar-refractivity contribution in [2.24, 2.45) is 16.8 Å². The topological polar surface area (TPSA) is 39.7 Å². The molecule has 0 aromatic rings. The lowest BCUT2D eigenvalue weighted by Crippen LogP contribution is -2.38. The molecule has 0 saturated carbocycles. The van der Waals surface area contributed by atoms with Gasteiger partial charge in [0.25, 0.3) is 0 Å². The Kier molecular flexibility index (Phi) is 9.48. The first kappa shape index (κ1) is 18.3. The molecule has 0 aromatic heterocycles. The molecule has 0 atom stereocenters. The minimum atomic E-state index is 0.613. The fourth-order valence-corrected chi connectivity index (χ4v) is 2.57. The first-order valence-corrected chi connectivity index (χ1v) is 8.86. The number of hydrogen-bond donors (Lipinski definition) is 2. The predicted molar refractivity (Wildman–Crippen MR) is 92.9 cm³/mol. The number of nitrogens with zero attached hydrogens (tertiary/aromatic N) is 2. The van der Waals surface area contributed by atoms with Crippen molar-refractivity contribution in [2.45, 2.75) is 53.4 Å². The molecule has 0 spiro atoms. The average molecular weight is 297 g/mol. The van der Waals surface area contributed by atoms with Crippen LogP contribution < -0.4 is 10.6 Å². The zero-order chi connectivity index (χ0) is 15.5. The molecule has 0 radical (unpaired) electrons. The fraction of sp³-hybridized carbons (Fsp3) is 0.941. The molecule has 4 nitrogen and oxygen atoms in total. The molecule has 0 amide bonds. The molecule has 1 rings (SSSR count). The third kappa shape index (κ3) is 8.97. The van der Waals surface area contributed by atoms with Crippen LogP contribution in [0.4, 0.5) is 0 Å². The van der Waals surface area contributed by atoms with E-state index in [-0.39, 0.29) is 0 Å². The summed E-state index contributed by atoms with van der Waals surface area (Å²) in [7, 11) is 0. The number of aliphatic imine (C=N–C) groups is 1. The van der Waals surface area contributed by atoms with E-state index in [2.05, 4.69) is 48.2 Å². The van der Waals surface area contributed by atoms with Crippen LogP contribution in [0.15, 0.2) is 4.99 Å². The van der Waals surface area contributed by atoms with Gasteiger partial charge in [0.1, 0.15) is 0 Å². The van der Waals surface area contributed by atoms with Crippen LogP contribution in [0.25, 0.3) is 0 Å². The first-order chi connectivity index (χ1) is 10.1. The van der Waals surface area contributed by atoms with E-state index < -0.39 is 0 Å². The standard InChI is InChI=1S/C17H36N4/c1-5-18-17(20-14-15(2)3)19-10-6-7-11-21-12-8-16(4)9-13-21/h15-16H,5-14H2,1-4H3,(H2,18,19,20). The van der Waals surface area contributed by atoms with E-state index in [1.54, 1.807) is 0 Å². The third-order valence-corrected chi connectivity index (χ3v) is 4.03. The highest BCUT2D eigenvalue weighted by atomic mass is 15.2. The molecule has 1 aliphatic rings. The van der Waals surface area contributed by atoms with Crippen molar-refractivity contribution >= 4 is 5.96 Å². The number of nitrogens with one attached hydrogen (secondary N) is 2. The lowest BCUT2D eigenvalue weighted by molar-refractivity contribution is 0.189.